The van der Waals surface area contributed by atoms with E-state index in [2.05, 4.69) is 49.2 Å². The van der Waals surface area contributed by atoms with Crippen molar-refractivity contribution in [3.05, 3.63) is 52.2 Å². The summed E-state index contributed by atoms with van der Waals surface area (Å²) >= 11 is 6.09. The smallest absolute Gasteiger partial charge is 0.410 e. The molecule has 4 aliphatic heterocycles. The van der Waals surface area contributed by atoms with Crippen molar-refractivity contribution in [3.63, 3.8) is 0 Å². The van der Waals surface area contributed by atoms with Crippen LogP contribution >= 0.6 is 11.6 Å². The Morgan fingerprint density at radius 3 is 1.88 bits per heavy atom. The molecule has 4 aromatic heterocycles. The van der Waals surface area contributed by atoms with E-state index < -0.39 is 16.8 Å². The van der Waals surface area contributed by atoms with Gasteiger partial charge in [0.2, 0.25) is 0 Å². The van der Waals surface area contributed by atoms with Crippen LogP contribution in [0.1, 0.15) is 163 Å². The van der Waals surface area contributed by atoms with Crippen molar-refractivity contribution in [1.82, 2.24) is 55.4 Å². The largest absolute Gasteiger partial charge is 0.444 e. The first-order valence-electron chi connectivity index (χ1n) is 23.6. The highest BCUT2D eigenvalue weighted by Crippen LogP contribution is 2.32. The summed E-state index contributed by atoms with van der Waals surface area (Å²) in [5.41, 5.74) is 4.10. The van der Waals surface area contributed by atoms with Crippen molar-refractivity contribution in [3.8, 4) is 0 Å². The van der Waals surface area contributed by atoms with Gasteiger partial charge in [0.1, 0.15) is 16.8 Å². The lowest BCUT2D eigenvalue weighted by molar-refractivity contribution is 0.00899. The number of nitrogens with one attached hydrogen (secondary N) is 4. The van der Waals surface area contributed by atoms with Gasteiger partial charge in [-0.2, -0.15) is 5.10 Å². The van der Waals surface area contributed by atoms with E-state index in [4.69, 9.17) is 35.9 Å². The number of carbonyl (C=O) groups excluding carboxylic acids is 3. The number of nitrogens with zero attached hydrogens (tertiary/aromatic N) is 8. The van der Waals surface area contributed by atoms with Gasteiger partial charge in [0.05, 0.1) is 41.9 Å². The summed E-state index contributed by atoms with van der Waals surface area (Å²) < 4.78 is 19.6. The average molecular weight is 970 g/mol. The molecule has 0 unspecified atom stereocenters. The maximum Gasteiger partial charge on any atom is 0.410 e. The van der Waals surface area contributed by atoms with E-state index in [0.717, 1.165) is 111 Å². The zero-order chi connectivity index (χ0) is 48.0. The van der Waals surface area contributed by atoms with Crippen LogP contribution in [-0.2, 0) is 14.2 Å². The third kappa shape index (κ3) is 16.1. The second-order valence-electron chi connectivity index (χ2n) is 20.8. The molecule has 4 saturated heterocycles. The lowest BCUT2D eigenvalue weighted by Crippen LogP contribution is -2.42. The number of aromatic nitrogens is 6. The molecule has 4 aromatic rings. The van der Waals surface area contributed by atoms with Crippen molar-refractivity contribution in [2.24, 2.45) is 0 Å². The predicted octanol–water partition coefficient (Wildman–Crippen LogP) is 9.25. The first-order chi connectivity index (χ1) is 31.0. The first kappa shape index (κ1) is 55.7. The number of fused-ring (bicyclic) bond motifs is 2. The molecule has 19 heteroatoms. The van der Waals surface area contributed by atoms with Crippen LogP contribution in [0.3, 0.4) is 0 Å². The van der Waals surface area contributed by atoms with E-state index in [9.17, 15) is 14.4 Å². The summed E-state index contributed by atoms with van der Waals surface area (Å²) in [5.74, 6) is 0.951. The quantitative estimate of drug-likeness (QED) is 0.138. The van der Waals surface area contributed by atoms with Gasteiger partial charge in [-0.25, -0.2) is 33.4 Å². The molecule has 0 aliphatic carbocycles. The van der Waals surface area contributed by atoms with Crippen LogP contribution in [0.2, 0.25) is 5.15 Å². The summed E-state index contributed by atoms with van der Waals surface area (Å²) in [6.45, 7) is 25.9. The van der Waals surface area contributed by atoms with Gasteiger partial charge in [-0.1, -0.05) is 32.9 Å². The number of hydrogen-bond acceptors (Lipinski definition) is 13. The van der Waals surface area contributed by atoms with Crippen LogP contribution in [0.5, 0.6) is 0 Å². The summed E-state index contributed by atoms with van der Waals surface area (Å²) in [5, 5.41) is 22.1. The molecule has 0 aromatic carbocycles. The van der Waals surface area contributed by atoms with Gasteiger partial charge in [-0.05, 0) is 157 Å². The van der Waals surface area contributed by atoms with Crippen molar-refractivity contribution >= 4 is 47.0 Å². The van der Waals surface area contributed by atoms with Crippen LogP contribution < -0.4 is 26.2 Å². The molecular formula is C49H81ClN12O6. The molecule has 8 heterocycles. The molecule has 3 amide bonds. The highest BCUT2D eigenvalue weighted by molar-refractivity contribution is 6.30. The Morgan fingerprint density at radius 2 is 1.28 bits per heavy atom. The van der Waals surface area contributed by atoms with Crippen LogP contribution in [0.25, 0.3) is 11.3 Å². The predicted molar refractivity (Wildman–Crippen MR) is 269 cm³/mol. The van der Waals surface area contributed by atoms with Crippen LogP contribution in [-0.4, -0.2) is 121 Å². The number of rotatable bonds is 5. The van der Waals surface area contributed by atoms with E-state index in [0.29, 0.717) is 17.7 Å². The number of aryl methyl sites for hydroxylation is 2. The van der Waals surface area contributed by atoms with E-state index in [1.165, 1.54) is 12.8 Å². The topological polar surface area (TPSA) is 194 Å². The standard InChI is InChI=1S/C21H32N6O2.C17H23ClN4O2.C9H18N2O2.2CH4/c1-14-11-18-24-17(16-7-5-6-9-22-16)13-27(18)25-19(14)26-10-8-15(12-26)23-20(28)29-21(2,3)4;1-11-9-14-19-12(10-22(14)20-15(11)18)13-7-5-6-8-21(13)16(23)24-17(2,3)4;1-9(2,3)13-8(12)11-7-4-5-10-6-7;;/h11,13,15-16,22H,5-10,12H2,1-4H3,(H,23,28);9-10,13H,5-8H2,1-4H3;7,10H,4-6H2,1-3H3,(H,11,12);2*1H4/t15-,16-;13-;7-;;/m000../s1. The fourth-order valence-corrected chi connectivity index (χ4v) is 8.49. The van der Waals surface area contributed by atoms with E-state index >= 15 is 0 Å². The summed E-state index contributed by atoms with van der Waals surface area (Å²) in [6, 6.07) is 4.53. The van der Waals surface area contributed by atoms with Gasteiger partial charge in [0.15, 0.2) is 22.3 Å². The van der Waals surface area contributed by atoms with Crippen molar-refractivity contribution in [2.75, 3.05) is 44.2 Å². The minimum Gasteiger partial charge on any atom is -0.444 e. The van der Waals surface area contributed by atoms with Crippen molar-refractivity contribution in [1.29, 1.82) is 0 Å². The molecule has 8 rings (SSSR count). The summed E-state index contributed by atoms with van der Waals surface area (Å²) in [6.07, 6.45) is 11.3. The van der Waals surface area contributed by atoms with Gasteiger partial charge < -0.3 is 40.4 Å². The van der Waals surface area contributed by atoms with E-state index in [-0.39, 0.29) is 51.3 Å². The molecule has 68 heavy (non-hydrogen) atoms. The molecule has 4 aliphatic rings. The number of anilines is 1. The Kier molecular flexibility index (Phi) is 19.3. The van der Waals surface area contributed by atoms with E-state index in [1.807, 2.05) is 92.2 Å². The summed E-state index contributed by atoms with van der Waals surface area (Å²) in [4.78, 5) is 49.3. The second-order valence-corrected chi connectivity index (χ2v) is 21.2. The minimum absolute atomic E-state index is 0. The number of ether oxygens (including phenoxy) is 3. The molecule has 380 valence electrons. The average Bonchev–Trinajstić information content (AvgIpc) is 4.05. The Hall–Kier alpha value is -4.94. The number of halogens is 1. The van der Waals surface area contributed by atoms with Gasteiger partial charge in [0, 0.05) is 32.2 Å². The molecule has 0 saturated carbocycles. The molecule has 0 spiro atoms. The third-order valence-corrected chi connectivity index (χ3v) is 11.7. The Morgan fingerprint density at radius 1 is 0.691 bits per heavy atom. The number of carbonyl (C=O) groups is 3. The van der Waals surface area contributed by atoms with Crippen molar-refractivity contribution in [2.45, 2.75) is 183 Å². The maximum absolute atomic E-state index is 12.6. The number of piperidine rings is 2. The SMILES string of the molecule is C.C.CC(C)(C)OC(=O)N[C@H]1CCNC1.Cc1cc2nc([C@@H]3CCCCN3)cn2nc1N1CC[C@H](NC(=O)OC(C)(C)C)C1.Cc1cc2nc([C@@H]3CCCCN3C(=O)OC(C)(C)C)cn2nc1Cl. The van der Waals surface area contributed by atoms with Gasteiger partial charge in [-0.3, -0.25) is 4.90 Å². The number of likely N-dealkylation sites (tertiary alicyclic amines) is 1. The number of imidazole rings is 2. The second kappa shape index (κ2) is 23.6. The Balaban J connectivity index is 0.000000234. The Bertz CT molecular complexity index is 2250. The zero-order valence-electron chi connectivity index (χ0n) is 40.9. The highest BCUT2D eigenvalue weighted by Gasteiger charge is 2.34. The molecule has 4 atom stereocenters. The third-order valence-electron chi connectivity index (χ3n) is 11.4. The Labute approximate surface area is 409 Å². The molecule has 0 bridgehead atoms. The van der Waals surface area contributed by atoms with Gasteiger partial charge in [0.25, 0.3) is 0 Å². The molecule has 4 N–H and O–H groups in total. The number of hydrogen-bond donors (Lipinski definition) is 4. The fourth-order valence-electron chi connectivity index (χ4n) is 8.35. The van der Waals surface area contributed by atoms with Crippen molar-refractivity contribution < 1.29 is 28.6 Å². The van der Waals surface area contributed by atoms with E-state index in [1.54, 1.807) is 9.42 Å². The summed E-state index contributed by atoms with van der Waals surface area (Å²) in [7, 11) is 0. The van der Waals surface area contributed by atoms with Crippen LogP contribution in [0.4, 0.5) is 20.2 Å². The lowest BCUT2D eigenvalue weighted by atomic mass is 10.0. The molecule has 0 radical (unpaired) electrons. The highest BCUT2D eigenvalue weighted by atomic mass is 35.5. The fraction of sp³-hybridized carbons (Fsp3) is 0.694. The molecular weight excluding hydrogens is 888 g/mol. The minimum atomic E-state index is -0.510. The number of alkyl carbamates (subject to hydrolysis) is 2. The molecule has 4 fully saturated rings. The molecule has 18 nitrogen and oxygen atoms in total. The van der Waals surface area contributed by atoms with Gasteiger partial charge in [-0.15, -0.1) is 5.10 Å². The number of amides is 3. The van der Waals surface area contributed by atoms with Crippen LogP contribution in [0.15, 0.2) is 24.5 Å². The zero-order valence-corrected chi connectivity index (χ0v) is 41.7. The van der Waals surface area contributed by atoms with Gasteiger partial charge >= 0.3 is 18.3 Å². The normalized spacial score (nSPS) is 20.8. The lowest BCUT2D eigenvalue weighted by Gasteiger charge is -2.35. The van der Waals surface area contributed by atoms with Crippen LogP contribution in [0, 0.1) is 13.8 Å². The first-order valence-corrected chi connectivity index (χ1v) is 23.9. The maximum atomic E-state index is 12.6. The monoisotopic (exact) mass is 969 g/mol.